The topological polar surface area (TPSA) is 23.8 Å². The van der Waals surface area contributed by atoms with Gasteiger partial charge in [-0.05, 0) is 51.9 Å². The Balaban J connectivity index is 2.73. The van der Waals surface area contributed by atoms with Crippen LogP contribution in [0, 0.1) is 14.9 Å². The second kappa shape index (κ2) is 3.35. The predicted molar refractivity (Wildman–Crippen MR) is 60.5 cm³/mol. The highest BCUT2D eigenvalue weighted by Crippen LogP contribution is 2.26. The highest BCUT2D eigenvalue weighted by atomic mass is 127. The van der Waals surface area contributed by atoms with Crippen LogP contribution in [-0.2, 0) is 0 Å². The van der Waals surface area contributed by atoms with Gasteiger partial charge < -0.3 is 0 Å². The Hall–Kier alpha value is -1.08. The fourth-order valence-electron chi connectivity index (χ4n) is 1.32. The number of fused-ring (bicyclic) bond motifs is 1. The molecule has 1 nitrogen and oxygen atoms in total. The molecule has 0 spiro atoms. The summed E-state index contributed by atoms with van der Waals surface area (Å²) in [6, 6.07) is 14.1. The lowest BCUT2D eigenvalue weighted by Crippen LogP contribution is -1.70. The van der Waals surface area contributed by atoms with Crippen molar-refractivity contribution >= 4 is 22.6 Å². The van der Waals surface area contributed by atoms with Crippen molar-refractivity contribution in [2.24, 2.45) is 0 Å². The standard InChI is InChI=1S/C11H6IN/c12-10-4-3-8-1-2-9(7-13)11(8)6-5-10/h1-6H. The summed E-state index contributed by atoms with van der Waals surface area (Å²) < 4.78 is 1.18. The number of hydrogen-bond donors (Lipinski definition) is 0. The summed E-state index contributed by atoms with van der Waals surface area (Å²) in [5, 5.41) is 8.82. The summed E-state index contributed by atoms with van der Waals surface area (Å²) in [6.45, 7) is 0. The van der Waals surface area contributed by atoms with Crippen LogP contribution in [0.2, 0.25) is 0 Å². The largest absolute Gasteiger partial charge is 0.192 e. The fourth-order valence-corrected chi connectivity index (χ4v) is 1.68. The van der Waals surface area contributed by atoms with Crippen molar-refractivity contribution in [1.29, 1.82) is 5.26 Å². The van der Waals surface area contributed by atoms with Crippen molar-refractivity contribution in [2.75, 3.05) is 0 Å². The number of hydrogen-bond acceptors (Lipinski definition) is 1. The molecule has 0 aromatic rings. The van der Waals surface area contributed by atoms with E-state index in [9.17, 15) is 0 Å². The third-order valence-electron chi connectivity index (χ3n) is 1.98. The van der Waals surface area contributed by atoms with Gasteiger partial charge in [0.05, 0.1) is 11.6 Å². The molecule has 2 heteroatoms. The molecule has 0 amide bonds. The van der Waals surface area contributed by atoms with Crippen molar-refractivity contribution in [3.63, 3.8) is 0 Å². The molecule has 0 N–H and O–H groups in total. The highest BCUT2D eigenvalue weighted by molar-refractivity contribution is 14.1. The maximum atomic E-state index is 8.82. The van der Waals surface area contributed by atoms with Gasteiger partial charge in [-0.3, -0.25) is 0 Å². The first-order valence-electron chi connectivity index (χ1n) is 3.89. The molecule has 2 aliphatic carbocycles. The van der Waals surface area contributed by atoms with Crippen LogP contribution in [0.3, 0.4) is 0 Å². The van der Waals surface area contributed by atoms with E-state index in [-0.39, 0.29) is 0 Å². The minimum absolute atomic E-state index is 0.752. The van der Waals surface area contributed by atoms with Crippen LogP contribution in [0.1, 0.15) is 5.56 Å². The van der Waals surface area contributed by atoms with E-state index in [1.54, 1.807) is 0 Å². The van der Waals surface area contributed by atoms with Crippen molar-refractivity contribution in [2.45, 2.75) is 0 Å². The average molecular weight is 279 g/mol. The number of nitriles is 1. The van der Waals surface area contributed by atoms with Crippen molar-refractivity contribution < 1.29 is 0 Å². The third-order valence-corrected chi connectivity index (χ3v) is 2.70. The second-order valence-corrected chi connectivity index (χ2v) is 4.03. The molecule has 0 aromatic heterocycles. The SMILES string of the molecule is N#Cc1ccc2ccc(I)ccc1-2. The Morgan fingerprint density at radius 2 is 1.69 bits per heavy atom. The molecule has 2 rings (SSSR count). The van der Waals surface area contributed by atoms with Crippen molar-refractivity contribution in [3.05, 3.63) is 45.5 Å². The minimum Gasteiger partial charge on any atom is -0.192 e. The van der Waals surface area contributed by atoms with Gasteiger partial charge in [0.25, 0.3) is 0 Å². The molecule has 0 aromatic carbocycles. The van der Waals surface area contributed by atoms with E-state index in [2.05, 4.69) is 28.7 Å². The lowest BCUT2D eigenvalue weighted by atomic mass is 10.1. The Bertz CT molecular complexity index is 456. The van der Waals surface area contributed by atoms with E-state index in [0.717, 1.165) is 16.7 Å². The number of rotatable bonds is 0. The van der Waals surface area contributed by atoms with E-state index >= 15 is 0 Å². The summed E-state index contributed by atoms with van der Waals surface area (Å²) in [6.07, 6.45) is 0. The smallest absolute Gasteiger partial charge is 0.0998 e. The second-order valence-electron chi connectivity index (χ2n) is 2.78. The zero-order chi connectivity index (χ0) is 9.26. The fraction of sp³-hybridized carbons (Fsp3) is 0. The van der Waals surface area contributed by atoms with Crippen molar-refractivity contribution in [3.8, 4) is 17.2 Å². The number of halogens is 1. The Morgan fingerprint density at radius 1 is 1.00 bits per heavy atom. The summed E-state index contributed by atoms with van der Waals surface area (Å²) in [4.78, 5) is 0. The minimum atomic E-state index is 0.752. The first-order chi connectivity index (χ1) is 6.31. The predicted octanol–water partition coefficient (Wildman–Crippen LogP) is 3.27. The van der Waals surface area contributed by atoms with E-state index in [4.69, 9.17) is 5.26 Å². The average Bonchev–Trinajstić information content (AvgIpc) is 2.45. The zero-order valence-electron chi connectivity index (χ0n) is 6.79. The van der Waals surface area contributed by atoms with Crippen LogP contribution in [0.4, 0.5) is 0 Å². The molecule has 0 heterocycles. The molecule has 0 bridgehead atoms. The zero-order valence-corrected chi connectivity index (χ0v) is 8.95. The molecule has 0 unspecified atom stereocenters. The van der Waals surface area contributed by atoms with Crippen LogP contribution in [-0.4, -0.2) is 0 Å². The summed E-state index contributed by atoms with van der Waals surface area (Å²) in [7, 11) is 0. The van der Waals surface area contributed by atoms with Crippen LogP contribution in [0.25, 0.3) is 11.1 Å². The normalized spacial score (nSPS) is 9.85. The highest BCUT2D eigenvalue weighted by Gasteiger charge is 2.06. The molecule has 62 valence electrons. The molecule has 0 aliphatic heterocycles. The van der Waals surface area contributed by atoms with Gasteiger partial charge in [0.2, 0.25) is 0 Å². The quantitative estimate of drug-likeness (QED) is 0.679. The van der Waals surface area contributed by atoms with Gasteiger partial charge >= 0.3 is 0 Å². The maximum absolute atomic E-state index is 8.82. The Labute approximate surface area is 90.5 Å². The molecule has 0 saturated heterocycles. The summed E-state index contributed by atoms with van der Waals surface area (Å²) >= 11 is 2.26. The van der Waals surface area contributed by atoms with Crippen LogP contribution in [0.15, 0.2) is 36.4 Å². The molecule has 0 fully saturated rings. The van der Waals surface area contributed by atoms with Gasteiger partial charge in [-0.25, -0.2) is 0 Å². The summed E-state index contributed by atoms with van der Waals surface area (Å²) in [5.74, 6) is 0. The van der Waals surface area contributed by atoms with Crippen LogP contribution < -0.4 is 0 Å². The maximum Gasteiger partial charge on any atom is 0.0998 e. The Kier molecular flexibility index (Phi) is 2.19. The van der Waals surface area contributed by atoms with Crippen LogP contribution in [0.5, 0.6) is 0 Å². The molecular formula is C11H6IN. The lowest BCUT2D eigenvalue weighted by Gasteiger charge is -1.89. The third kappa shape index (κ3) is 1.52. The van der Waals surface area contributed by atoms with E-state index < -0.39 is 0 Å². The molecule has 0 radical (unpaired) electrons. The molecular weight excluding hydrogens is 273 g/mol. The van der Waals surface area contributed by atoms with Gasteiger partial charge in [-0.1, -0.05) is 18.2 Å². The van der Waals surface area contributed by atoms with Gasteiger partial charge in [-0.2, -0.15) is 5.26 Å². The van der Waals surface area contributed by atoms with Crippen LogP contribution >= 0.6 is 22.6 Å². The van der Waals surface area contributed by atoms with Gasteiger partial charge in [-0.15, -0.1) is 0 Å². The lowest BCUT2D eigenvalue weighted by molar-refractivity contribution is 1.51. The van der Waals surface area contributed by atoms with Crippen molar-refractivity contribution in [1.82, 2.24) is 0 Å². The van der Waals surface area contributed by atoms with E-state index in [1.165, 1.54) is 3.57 Å². The van der Waals surface area contributed by atoms with Gasteiger partial charge in [0.1, 0.15) is 0 Å². The molecule has 0 atom stereocenters. The van der Waals surface area contributed by atoms with Gasteiger partial charge in [0.15, 0.2) is 0 Å². The first kappa shape index (κ1) is 8.52. The van der Waals surface area contributed by atoms with E-state index in [0.29, 0.717) is 0 Å². The first-order valence-corrected chi connectivity index (χ1v) is 4.97. The Morgan fingerprint density at radius 3 is 2.46 bits per heavy atom. The number of nitrogens with zero attached hydrogens (tertiary/aromatic N) is 1. The molecule has 13 heavy (non-hydrogen) atoms. The molecule has 2 aliphatic rings. The summed E-state index contributed by atoms with van der Waals surface area (Å²) in [5.41, 5.74) is 2.91. The monoisotopic (exact) mass is 279 g/mol. The molecule has 0 saturated carbocycles. The van der Waals surface area contributed by atoms with Gasteiger partial charge in [0, 0.05) is 3.57 Å². The van der Waals surface area contributed by atoms with E-state index in [1.807, 2.05) is 36.4 Å².